The summed E-state index contributed by atoms with van der Waals surface area (Å²) in [5.74, 6) is 0.860. The molecule has 3 nitrogen and oxygen atoms in total. The van der Waals surface area contributed by atoms with Crippen molar-refractivity contribution in [3.05, 3.63) is 58.0 Å². The highest BCUT2D eigenvalue weighted by molar-refractivity contribution is 7.11. The molecule has 0 bridgehead atoms. The second-order valence-electron chi connectivity index (χ2n) is 5.01. The summed E-state index contributed by atoms with van der Waals surface area (Å²) in [6, 6.07) is 12.4. The number of nitrogens with zero attached hydrogens (tertiary/aromatic N) is 1. The fourth-order valence-corrected chi connectivity index (χ4v) is 3.24. The zero-order valence-corrected chi connectivity index (χ0v) is 12.9. The Labute approximate surface area is 127 Å². The topological polar surface area (TPSA) is 42.4 Å². The van der Waals surface area contributed by atoms with Gasteiger partial charge in [-0.15, -0.1) is 11.3 Å². The maximum atomic E-state index is 9.60. The third-order valence-corrected chi connectivity index (χ3v) is 4.67. The Bertz CT molecular complexity index is 764. The number of aliphatic hydroxyl groups excluding tert-OH is 1. The lowest BCUT2D eigenvalue weighted by atomic mass is 10.0. The molecule has 1 unspecified atom stereocenters. The number of hydrogen-bond donors (Lipinski definition) is 1. The number of aromatic nitrogens is 1. The molecule has 0 radical (unpaired) electrons. The van der Waals surface area contributed by atoms with E-state index in [0.29, 0.717) is 0 Å². The molecule has 1 heterocycles. The number of thiazole rings is 1. The van der Waals surface area contributed by atoms with Crippen LogP contribution in [0.15, 0.2) is 42.6 Å². The van der Waals surface area contributed by atoms with Crippen LogP contribution in [0.3, 0.4) is 0 Å². The Kier molecular flexibility index (Phi) is 3.90. The van der Waals surface area contributed by atoms with Crippen molar-refractivity contribution in [3.8, 4) is 5.75 Å². The summed E-state index contributed by atoms with van der Waals surface area (Å²) < 4.78 is 5.32. The van der Waals surface area contributed by atoms with Crippen LogP contribution in [0.4, 0.5) is 0 Å². The van der Waals surface area contributed by atoms with Crippen LogP contribution < -0.4 is 4.74 Å². The molecule has 0 fully saturated rings. The minimum absolute atomic E-state index is 0.455. The number of methoxy groups -OCH3 is 1. The third-order valence-electron chi connectivity index (χ3n) is 3.50. The van der Waals surface area contributed by atoms with E-state index in [9.17, 15) is 5.11 Å². The average Bonchev–Trinajstić information content (AvgIpc) is 2.96. The molecule has 3 rings (SSSR count). The lowest BCUT2D eigenvalue weighted by Crippen LogP contribution is -1.90. The van der Waals surface area contributed by atoms with E-state index >= 15 is 0 Å². The standard InChI is InChI=1S/C17H17NO2S/c1-11(19)16-10-18-17(21-16)8-13-5-3-4-12-6-7-14(20-2)9-15(12)13/h3-7,9-11,19H,8H2,1-2H3. The molecule has 1 atom stereocenters. The van der Waals surface area contributed by atoms with Crippen molar-refractivity contribution in [3.63, 3.8) is 0 Å². The van der Waals surface area contributed by atoms with Gasteiger partial charge in [-0.1, -0.05) is 24.3 Å². The van der Waals surface area contributed by atoms with E-state index in [1.54, 1.807) is 31.6 Å². The highest BCUT2D eigenvalue weighted by atomic mass is 32.1. The molecular weight excluding hydrogens is 282 g/mol. The molecule has 0 saturated heterocycles. The van der Waals surface area contributed by atoms with E-state index in [2.05, 4.69) is 35.3 Å². The highest BCUT2D eigenvalue weighted by Gasteiger charge is 2.09. The van der Waals surface area contributed by atoms with E-state index in [4.69, 9.17) is 4.74 Å². The summed E-state index contributed by atoms with van der Waals surface area (Å²) in [4.78, 5) is 5.31. The van der Waals surface area contributed by atoms with Gasteiger partial charge in [-0.05, 0) is 35.4 Å². The van der Waals surface area contributed by atoms with Gasteiger partial charge >= 0.3 is 0 Å². The van der Waals surface area contributed by atoms with Crippen molar-refractivity contribution in [2.45, 2.75) is 19.4 Å². The van der Waals surface area contributed by atoms with Gasteiger partial charge in [0.25, 0.3) is 0 Å². The van der Waals surface area contributed by atoms with Gasteiger partial charge in [0.1, 0.15) is 5.75 Å². The fraction of sp³-hybridized carbons (Fsp3) is 0.235. The quantitative estimate of drug-likeness (QED) is 0.793. The lowest BCUT2D eigenvalue weighted by molar-refractivity contribution is 0.203. The minimum atomic E-state index is -0.455. The normalized spacial score (nSPS) is 12.5. The van der Waals surface area contributed by atoms with Crippen LogP contribution in [-0.2, 0) is 6.42 Å². The molecule has 0 aliphatic rings. The van der Waals surface area contributed by atoms with Crippen LogP contribution >= 0.6 is 11.3 Å². The number of aliphatic hydroxyl groups is 1. The number of hydrogen-bond acceptors (Lipinski definition) is 4. The molecule has 0 amide bonds. The van der Waals surface area contributed by atoms with Crippen molar-refractivity contribution in [1.29, 1.82) is 0 Å². The fourth-order valence-electron chi connectivity index (χ4n) is 2.36. The molecule has 0 saturated carbocycles. The van der Waals surface area contributed by atoms with Crippen LogP contribution in [0.5, 0.6) is 5.75 Å². The minimum Gasteiger partial charge on any atom is -0.497 e. The first-order valence-electron chi connectivity index (χ1n) is 6.85. The van der Waals surface area contributed by atoms with E-state index in [0.717, 1.165) is 22.1 Å². The van der Waals surface area contributed by atoms with E-state index in [1.807, 2.05) is 6.07 Å². The molecule has 21 heavy (non-hydrogen) atoms. The van der Waals surface area contributed by atoms with Crippen molar-refractivity contribution in [2.24, 2.45) is 0 Å². The Hall–Kier alpha value is -1.91. The monoisotopic (exact) mass is 299 g/mol. The second kappa shape index (κ2) is 5.84. The maximum absolute atomic E-state index is 9.60. The van der Waals surface area contributed by atoms with Gasteiger partial charge < -0.3 is 9.84 Å². The summed E-state index contributed by atoms with van der Waals surface area (Å²) in [5.41, 5.74) is 1.22. The molecule has 1 N–H and O–H groups in total. The van der Waals surface area contributed by atoms with Crippen LogP contribution in [0, 0.1) is 0 Å². The first kappa shape index (κ1) is 14.0. The number of rotatable bonds is 4. The van der Waals surface area contributed by atoms with E-state index in [-0.39, 0.29) is 0 Å². The summed E-state index contributed by atoms with van der Waals surface area (Å²) in [5, 5.41) is 13.0. The van der Waals surface area contributed by atoms with Crippen LogP contribution in [0.2, 0.25) is 0 Å². The van der Waals surface area contributed by atoms with Gasteiger partial charge in [-0.3, -0.25) is 0 Å². The largest absolute Gasteiger partial charge is 0.497 e. The molecule has 2 aromatic carbocycles. The van der Waals surface area contributed by atoms with Gasteiger partial charge in [0, 0.05) is 12.6 Å². The van der Waals surface area contributed by atoms with E-state index < -0.39 is 6.10 Å². The number of benzene rings is 2. The smallest absolute Gasteiger partial charge is 0.119 e. The lowest BCUT2D eigenvalue weighted by Gasteiger charge is -2.07. The van der Waals surface area contributed by atoms with Gasteiger partial charge in [0.2, 0.25) is 0 Å². The SMILES string of the molecule is COc1ccc2cccc(Cc3ncc(C(C)O)s3)c2c1. The van der Waals surface area contributed by atoms with E-state index in [1.165, 1.54) is 16.3 Å². The summed E-state index contributed by atoms with van der Waals surface area (Å²) >= 11 is 1.56. The van der Waals surface area contributed by atoms with Crippen LogP contribution in [0.25, 0.3) is 10.8 Å². The first-order valence-corrected chi connectivity index (χ1v) is 7.67. The second-order valence-corrected chi connectivity index (χ2v) is 6.16. The zero-order chi connectivity index (χ0) is 14.8. The molecule has 0 spiro atoms. The van der Waals surface area contributed by atoms with Gasteiger partial charge in [0.15, 0.2) is 0 Å². The molecule has 1 aromatic heterocycles. The summed E-state index contributed by atoms with van der Waals surface area (Å²) in [7, 11) is 1.68. The molecule has 108 valence electrons. The van der Waals surface area contributed by atoms with Crippen molar-refractivity contribution < 1.29 is 9.84 Å². The predicted molar refractivity (Wildman–Crippen MR) is 86.1 cm³/mol. The Morgan fingerprint density at radius 1 is 1.29 bits per heavy atom. The molecule has 0 aliphatic carbocycles. The van der Waals surface area contributed by atoms with Crippen molar-refractivity contribution in [2.75, 3.05) is 7.11 Å². The Morgan fingerprint density at radius 3 is 2.86 bits per heavy atom. The summed E-state index contributed by atoms with van der Waals surface area (Å²) in [6.07, 6.45) is 2.07. The first-order chi connectivity index (χ1) is 10.2. The predicted octanol–water partition coefficient (Wildman–Crippen LogP) is 3.95. The Morgan fingerprint density at radius 2 is 2.14 bits per heavy atom. The number of fused-ring (bicyclic) bond motifs is 1. The van der Waals surface area contributed by atoms with Crippen LogP contribution in [-0.4, -0.2) is 17.2 Å². The van der Waals surface area contributed by atoms with Crippen LogP contribution in [0.1, 0.15) is 28.5 Å². The molecule has 3 aromatic rings. The highest BCUT2D eigenvalue weighted by Crippen LogP contribution is 2.28. The molecular formula is C17H17NO2S. The molecule has 4 heteroatoms. The van der Waals surface area contributed by atoms with Gasteiger partial charge in [0.05, 0.1) is 23.1 Å². The third kappa shape index (κ3) is 2.91. The maximum Gasteiger partial charge on any atom is 0.119 e. The van der Waals surface area contributed by atoms with Crippen molar-refractivity contribution >= 4 is 22.1 Å². The summed E-state index contributed by atoms with van der Waals surface area (Å²) in [6.45, 7) is 1.76. The van der Waals surface area contributed by atoms with Gasteiger partial charge in [-0.2, -0.15) is 0 Å². The number of ether oxygens (including phenoxy) is 1. The average molecular weight is 299 g/mol. The zero-order valence-electron chi connectivity index (χ0n) is 12.0. The van der Waals surface area contributed by atoms with Crippen molar-refractivity contribution in [1.82, 2.24) is 4.98 Å². The van der Waals surface area contributed by atoms with Gasteiger partial charge in [-0.25, -0.2) is 4.98 Å². The Balaban J connectivity index is 1.99. The molecule has 0 aliphatic heterocycles.